The molecule has 2 N–H and O–H groups in total. The molecule has 0 aliphatic rings. The first-order valence-corrected chi connectivity index (χ1v) is 8.54. The highest BCUT2D eigenvalue weighted by atomic mass is 19.3. The van der Waals surface area contributed by atoms with Crippen molar-refractivity contribution in [1.82, 2.24) is 10.9 Å². The molecule has 2 aromatic rings. The molecule has 156 valence electrons. The first-order valence-electron chi connectivity index (χ1n) is 8.54. The van der Waals surface area contributed by atoms with Crippen LogP contribution in [0.25, 0.3) is 0 Å². The maximum absolute atomic E-state index is 13.6. The molecule has 2 aromatic carbocycles. The van der Waals surface area contributed by atoms with Gasteiger partial charge in [-0.2, -0.15) is 8.78 Å². The normalized spacial score (nSPS) is 11.5. The number of hydrazine groups is 1. The number of carbonyl (C=O) groups is 2. The summed E-state index contributed by atoms with van der Waals surface area (Å²) in [5.74, 6) is -2.49. The summed E-state index contributed by atoms with van der Waals surface area (Å²) in [4.78, 5) is 24.2. The summed E-state index contributed by atoms with van der Waals surface area (Å²) in [6, 6.07) is 9.12. The fourth-order valence-electron chi connectivity index (χ4n) is 2.19. The number of alkyl halides is 2. The third kappa shape index (κ3) is 6.30. The van der Waals surface area contributed by atoms with Crippen LogP contribution in [0.5, 0.6) is 17.2 Å². The fourth-order valence-corrected chi connectivity index (χ4v) is 2.19. The van der Waals surface area contributed by atoms with E-state index in [2.05, 4.69) is 15.6 Å². The van der Waals surface area contributed by atoms with E-state index in [0.717, 1.165) is 6.07 Å². The molecule has 2 amide bonds. The molecule has 2 rings (SSSR count). The first kappa shape index (κ1) is 21.9. The second kappa shape index (κ2) is 10.2. The number of hydrogen-bond acceptors (Lipinski definition) is 5. The maximum atomic E-state index is 13.6. The summed E-state index contributed by atoms with van der Waals surface area (Å²) in [6.45, 7) is 0.115. The molecule has 29 heavy (non-hydrogen) atoms. The standard InChI is InChI=1S/C19H19F3N2O5/c1-3-27-16-10-12(8-9-15(16)29-19(21)22)18(26)24-23-17(25)11(2)28-14-7-5-4-6-13(14)20/h4-11,19H,3H2,1-2H3,(H,23,25)(H,24,26)/t11-/m0/s1. The summed E-state index contributed by atoms with van der Waals surface area (Å²) in [7, 11) is 0. The van der Waals surface area contributed by atoms with Gasteiger partial charge < -0.3 is 14.2 Å². The molecule has 0 spiro atoms. The lowest BCUT2D eigenvalue weighted by Crippen LogP contribution is -2.47. The zero-order valence-electron chi connectivity index (χ0n) is 15.6. The lowest BCUT2D eigenvalue weighted by atomic mass is 10.2. The smallest absolute Gasteiger partial charge is 0.387 e. The highest BCUT2D eigenvalue weighted by Crippen LogP contribution is 2.29. The van der Waals surface area contributed by atoms with Crippen LogP contribution in [-0.4, -0.2) is 31.1 Å². The van der Waals surface area contributed by atoms with E-state index in [1.54, 1.807) is 13.0 Å². The Morgan fingerprint density at radius 1 is 1.00 bits per heavy atom. The van der Waals surface area contributed by atoms with Gasteiger partial charge in [0.15, 0.2) is 29.2 Å². The summed E-state index contributed by atoms with van der Waals surface area (Å²) >= 11 is 0. The highest BCUT2D eigenvalue weighted by Gasteiger charge is 2.19. The molecule has 0 fully saturated rings. The van der Waals surface area contributed by atoms with E-state index in [4.69, 9.17) is 9.47 Å². The zero-order chi connectivity index (χ0) is 21.4. The van der Waals surface area contributed by atoms with Gasteiger partial charge in [-0.15, -0.1) is 0 Å². The Morgan fingerprint density at radius 2 is 1.72 bits per heavy atom. The number of carbonyl (C=O) groups excluding carboxylic acids is 2. The van der Waals surface area contributed by atoms with Crippen LogP contribution in [0.3, 0.4) is 0 Å². The van der Waals surface area contributed by atoms with Crippen LogP contribution >= 0.6 is 0 Å². The minimum absolute atomic E-state index is 0.0260. The van der Waals surface area contributed by atoms with Gasteiger partial charge in [0.1, 0.15) is 0 Å². The van der Waals surface area contributed by atoms with Gasteiger partial charge in [-0.25, -0.2) is 4.39 Å². The van der Waals surface area contributed by atoms with Crippen molar-refractivity contribution in [2.75, 3.05) is 6.61 Å². The third-order valence-electron chi connectivity index (χ3n) is 3.53. The topological polar surface area (TPSA) is 85.9 Å². The zero-order valence-corrected chi connectivity index (χ0v) is 15.6. The Balaban J connectivity index is 1.98. The van der Waals surface area contributed by atoms with E-state index < -0.39 is 30.3 Å². The van der Waals surface area contributed by atoms with Crippen molar-refractivity contribution in [1.29, 1.82) is 0 Å². The predicted molar refractivity (Wildman–Crippen MR) is 96.3 cm³/mol. The number of amides is 2. The molecule has 0 saturated carbocycles. The van der Waals surface area contributed by atoms with Crippen LogP contribution < -0.4 is 25.1 Å². The Hall–Kier alpha value is -3.43. The molecule has 0 heterocycles. The quantitative estimate of drug-likeness (QED) is 0.651. The lowest BCUT2D eigenvalue weighted by Gasteiger charge is -2.16. The SMILES string of the molecule is CCOc1cc(C(=O)NNC(=O)[C@H](C)Oc2ccccc2F)ccc1OC(F)F. The summed E-state index contributed by atoms with van der Waals surface area (Å²) in [5, 5.41) is 0. The van der Waals surface area contributed by atoms with E-state index in [-0.39, 0.29) is 29.4 Å². The summed E-state index contributed by atoms with van der Waals surface area (Å²) in [6.07, 6.45) is -1.10. The van der Waals surface area contributed by atoms with E-state index in [1.807, 2.05) is 0 Å². The minimum atomic E-state index is -3.05. The number of hydrogen-bond donors (Lipinski definition) is 2. The second-order valence-corrected chi connectivity index (χ2v) is 5.61. The lowest BCUT2D eigenvalue weighted by molar-refractivity contribution is -0.128. The second-order valence-electron chi connectivity index (χ2n) is 5.61. The molecule has 0 bridgehead atoms. The molecule has 1 atom stereocenters. The fraction of sp³-hybridized carbons (Fsp3) is 0.263. The average molecular weight is 412 g/mol. The number of para-hydroxylation sites is 1. The summed E-state index contributed by atoms with van der Waals surface area (Å²) in [5.41, 5.74) is 4.32. The van der Waals surface area contributed by atoms with Crippen molar-refractivity contribution in [3.63, 3.8) is 0 Å². The van der Waals surface area contributed by atoms with Gasteiger partial charge in [0.25, 0.3) is 11.8 Å². The van der Waals surface area contributed by atoms with Gasteiger partial charge in [-0.3, -0.25) is 20.4 Å². The molecular weight excluding hydrogens is 393 g/mol. The van der Waals surface area contributed by atoms with Crippen molar-refractivity contribution < 1.29 is 37.0 Å². The number of nitrogens with one attached hydrogen (secondary N) is 2. The van der Waals surface area contributed by atoms with E-state index >= 15 is 0 Å². The Labute approximate surface area is 164 Å². The van der Waals surface area contributed by atoms with Crippen molar-refractivity contribution in [3.05, 3.63) is 53.8 Å². The minimum Gasteiger partial charge on any atom is -0.490 e. The Kier molecular flexibility index (Phi) is 7.70. The maximum Gasteiger partial charge on any atom is 0.387 e. The highest BCUT2D eigenvalue weighted by molar-refractivity contribution is 5.96. The molecule has 0 saturated heterocycles. The molecule has 0 aliphatic heterocycles. The van der Waals surface area contributed by atoms with Gasteiger partial charge in [0, 0.05) is 5.56 Å². The largest absolute Gasteiger partial charge is 0.490 e. The molecule has 0 aromatic heterocycles. The number of rotatable bonds is 8. The number of ether oxygens (including phenoxy) is 3. The third-order valence-corrected chi connectivity index (χ3v) is 3.53. The summed E-state index contributed by atoms with van der Waals surface area (Å²) < 4.78 is 53.1. The Morgan fingerprint density at radius 3 is 2.38 bits per heavy atom. The van der Waals surface area contributed by atoms with Crippen molar-refractivity contribution >= 4 is 11.8 Å². The van der Waals surface area contributed by atoms with Crippen LogP contribution in [0, 0.1) is 5.82 Å². The van der Waals surface area contributed by atoms with Crippen LogP contribution in [0.15, 0.2) is 42.5 Å². The molecule has 7 nitrogen and oxygen atoms in total. The molecular formula is C19H19F3N2O5. The van der Waals surface area contributed by atoms with Crippen LogP contribution in [0.4, 0.5) is 13.2 Å². The molecule has 10 heteroatoms. The predicted octanol–water partition coefficient (Wildman–Crippen LogP) is 3.05. The molecule has 0 aliphatic carbocycles. The average Bonchev–Trinajstić information content (AvgIpc) is 2.68. The van der Waals surface area contributed by atoms with Gasteiger partial charge in [-0.1, -0.05) is 12.1 Å². The van der Waals surface area contributed by atoms with E-state index in [9.17, 15) is 22.8 Å². The van der Waals surface area contributed by atoms with Crippen LogP contribution in [-0.2, 0) is 4.79 Å². The van der Waals surface area contributed by atoms with Crippen LogP contribution in [0.2, 0.25) is 0 Å². The van der Waals surface area contributed by atoms with Crippen molar-refractivity contribution in [2.24, 2.45) is 0 Å². The van der Waals surface area contributed by atoms with Gasteiger partial charge in [0.05, 0.1) is 6.61 Å². The number of benzene rings is 2. The van der Waals surface area contributed by atoms with Crippen LogP contribution in [0.1, 0.15) is 24.2 Å². The molecule has 0 radical (unpaired) electrons. The van der Waals surface area contributed by atoms with Gasteiger partial charge >= 0.3 is 6.61 Å². The van der Waals surface area contributed by atoms with Gasteiger partial charge in [-0.05, 0) is 44.2 Å². The monoisotopic (exact) mass is 412 g/mol. The first-order chi connectivity index (χ1) is 13.8. The van der Waals surface area contributed by atoms with Crippen molar-refractivity contribution in [3.8, 4) is 17.2 Å². The number of halogens is 3. The Bertz CT molecular complexity index is 863. The van der Waals surface area contributed by atoms with E-state index in [0.29, 0.717) is 0 Å². The van der Waals surface area contributed by atoms with E-state index in [1.165, 1.54) is 37.3 Å². The molecule has 0 unspecified atom stereocenters. The van der Waals surface area contributed by atoms with Gasteiger partial charge in [0.2, 0.25) is 0 Å². The van der Waals surface area contributed by atoms with Crippen molar-refractivity contribution in [2.45, 2.75) is 26.6 Å².